The van der Waals surface area contributed by atoms with E-state index in [1.165, 1.54) is 12.1 Å². The van der Waals surface area contributed by atoms with Gasteiger partial charge in [-0.3, -0.25) is 9.10 Å². The number of hydrogen-bond acceptors (Lipinski definition) is 4. The molecule has 0 radical (unpaired) electrons. The van der Waals surface area contributed by atoms with Gasteiger partial charge in [-0.25, -0.2) is 8.42 Å². The number of carbonyl (C=O) groups excluding carboxylic acids is 1. The lowest BCUT2D eigenvalue weighted by atomic mass is 10.2. The second-order valence-corrected chi connectivity index (χ2v) is 9.68. The Balaban J connectivity index is 1.88. The van der Waals surface area contributed by atoms with E-state index in [1.807, 2.05) is 12.1 Å². The summed E-state index contributed by atoms with van der Waals surface area (Å²) >= 11 is 12.2. The van der Waals surface area contributed by atoms with Gasteiger partial charge in [-0.2, -0.15) is 0 Å². The number of amides is 1. The molecule has 0 aliphatic rings. The Labute approximate surface area is 197 Å². The molecule has 0 fully saturated rings. The number of nitrogens with one attached hydrogen (secondary N) is 1. The summed E-state index contributed by atoms with van der Waals surface area (Å²) in [5.41, 5.74) is 1.71. The highest BCUT2D eigenvalue weighted by Gasteiger charge is 2.29. The number of nitrogens with zero attached hydrogens (tertiary/aromatic N) is 1. The lowest BCUT2D eigenvalue weighted by Gasteiger charge is -2.26. The summed E-state index contributed by atoms with van der Waals surface area (Å²) < 4.78 is 33.1. The predicted molar refractivity (Wildman–Crippen MR) is 127 cm³/mol. The van der Waals surface area contributed by atoms with Crippen molar-refractivity contribution in [1.29, 1.82) is 0 Å². The summed E-state index contributed by atoms with van der Waals surface area (Å²) in [7, 11) is -2.52. The van der Waals surface area contributed by atoms with Gasteiger partial charge in [0.05, 0.1) is 17.7 Å². The van der Waals surface area contributed by atoms with Crippen LogP contribution in [-0.2, 0) is 21.4 Å². The van der Waals surface area contributed by atoms with E-state index in [0.29, 0.717) is 22.0 Å². The van der Waals surface area contributed by atoms with Gasteiger partial charge in [0.15, 0.2) is 0 Å². The van der Waals surface area contributed by atoms with Gasteiger partial charge in [0, 0.05) is 16.6 Å². The van der Waals surface area contributed by atoms with Crippen molar-refractivity contribution < 1.29 is 17.9 Å². The fourth-order valence-corrected chi connectivity index (χ4v) is 5.00. The third-order valence-corrected chi connectivity index (χ3v) is 7.23. The van der Waals surface area contributed by atoms with Gasteiger partial charge in [0.25, 0.3) is 10.0 Å². The normalized spacial score (nSPS) is 11.1. The number of benzene rings is 3. The molecule has 0 heterocycles. The first-order valence-electron chi connectivity index (χ1n) is 9.65. The zero-order valence-corrected chi connectivity index (χ0v) is 19.8. The van der Waals surface area contributed by atoms with E-state index in [1.54, 1.807) is 56.5 Å². The topological polar surface area (TPSA) is 75.7 Å². The molecule has 1 N–H and O–H groups in total. The number of methoxy groups -OCH3 is 1. The van der Waals surface area contributed by atoms with Crippen molar-refractivity contribution >= 4 is 44.8 Å². The summed E-state index contributed by atoms with van der Waals surface area (Å²) in [6, 6.07) is 18.0. The van der Waals surface area contributed by atoms with Crippen LogP contribution >= 0.6 is 23.2 Å². The lowest BCUT2D eigenvalue weighted by molar-refractivity contribution is -0.119. The monoisotopic (exact) mass is 492 g/mol. The molecule has 6 nitrogen and oxygen atoms in total. The number of rotatable bonds is 8. The van der Waals surface area contributed by atoms with Crippen molar-refractivity contribution in [3.8, 4) is 5.75 Å². The van der Waals surface area contributed by atoms with E-state index in [2.05, 4.69) is 5.32 Å². The number of carbonyl (C=O) groups is 1. The lowest BCUT2D eigenvalue weighted by Crippen LogP contribution is -2.41. The Morgan fingerprint density at radius 2 is 1.72 bits per heavy atom. The standard InChI is InChI=1S/C23H22Cl2N2O4S/c1-16-21(25)7-4-8-22(16)27(32(29,30)20-6-3-5-18(24)13-20)15-23(28)26-14-17-9-11-19(31-2)12-10-17/h3-13H,14-15H2,1-2H3,(H,26,28). The quantitative estimate of drug-likeness (QED) is 0.488. The van der Waals surface area contributed by atoms with Crippen molar-refractivity contribution in [2.45, 2.75) is 18.4 Å². The average Bonchev–Trinajstić information content (AvgIpc) is 2.78. The van der Waals surface area contributed by atoms with E-state index >= 15 is 0 Å². The van der Waals surface area contributed by atoms with E-state index < -0.39 is 22.5 Å². The highest BCUT2D eigenvalue weighted by molar-refractivity contribution is 7.92. The molecule has 1 amide bonds. The van der Waals surface area contributed by atoms with E-state index in [9.17, 15) is 13.2 Å². The zero-order valence-electron chi connectivity index (χ0n) is 17.5. The minimum Gasteiger partial charge on any atom is -0.497 e. The summed E-state index contributed by atoms with van der Waals surface area (Å²) in [6.45, 7) is 1.52. The van der Waals surface area contributed by atoms with E-state index in [-0.39, 0.29) is 16.5 Å². The molecule has 168 valence electrons. The van der Waals surface area contributed by atoms with Gasteiger partial charge in [-0.05, 0) is 60.5 Å². The molecule has 0 unspecified atom stereocenters. The Bertz CT molecular complexity index is 1210. The molecule has 3 aromatic rings. The third kappa shape index (κ3) is 5.54. The molecule has 3 rings (SSSR count). The molecular formula is C23H22Cl2N2O4S. The summed E-state index contributed by atoms with van der Waals surface area (Å²) in [5, 5.41) is 3.43. The van der Waals surface area contributed by atoms with Crippen molar-refractivity contribution in [3.63, 3.8) is 0 Å². The largest absolute Gasteiger partial charge is 0.497 e. The Kier molecular flexibility index (Phi) is 7.66. The summed E-state index contributed by atoms with van der Waals surface area (Å²) in [6.07, 6.45) is 0. The van der Waals surface area contributed by atoms with E-state index in [0.717, 1.165) is 9.87 Å². The first-order valence-corrected chi connectivity index (χ1v) is 11.8. The molecule has 0 aliphatic carbocycles. The number of hydrogen-bond donors (Lipinski definition) is 1. The van der Waals surface area contributed by atoms with Crippen LogP contribution in [0.2, 0.25) is 10.0 Å². The maximum Gasteiger partial charge on any atom is 0.264 e. The summed E-state index contributed by atoms with van der Waals surface area (Å²) in [5.74, 6) is 0.237. The first-order chi connectivity index (χ1) is 15.2. The van der Waals surface area contributed by atoms with Crippen LogP contribution < -0.4 is 14.4 Å². The second-order valence-electron chi connectivity index (χ2n) is 6.98. The van der Waals surface area contributed by atoms with Crippen LogP contribution in [0.3, 0.4) is 0 Å². The minimum atomic E-state index is -4.09. The van der Waals surface area contributed by atoms with Gasteiger partial charge in [-0.1, -0.05) is 47.5 Å². The van der Waals surface area contributed by atoms with Crippen molar-refractivity contribution in [2.24, 2.45) is 0 Å². The molecule has 0 atom stereocenters. The zero-order chi connectivity index (χ0) is 23.3. The molecule has 0 saturated carbocycles. The van der Waals surface area contributed by atoms with E-state index in [4.69, 9.17) is 27.9 Å². The fourth-order valence-electron chi connectivity index (χ4n) is 3.05. The fraction of sp³-hybridized carbons (Fsp3) is 0.174. The Morgan fingerprint density at radius 3 is 2.38 bits per heavy atom. The molecule has 9 heteroatoms. The second kappa shape index (κ2) is 10.3. The minimum absolute atomic E-state index is 0.0210. The van der Waals surface area contributed by atoms with Gasteiger partial charge < -0.3 is 10.1 Å². The van der Waals surface area contributed by atoms with Crippen LogP contribution in [0.25, 0.3) is 0 Å². The molecular weight excluding hydrogens is 471 g/mol. The van der Waals surface area contributed by atoms with Gasteiger partial charge in [0.2, 0.25) is 5.91 Å². The van der Waals surface area contributed by atoms with Gasteiger partial charge >= 0.3 is 0 Å². The van der Waals surface area contributed by atoms with Crippen LogP contribution in [0.4, 0.5) is 5.69 Å². The molecule has 32 heavy (non-hydrogen) atoms. The van der Waals surface area contributed by atoms with Crippen LogP contribution in [0.15, 0.2) is 71.6 Å². The molecule has 3 aromatic carbocycles. The third-order valence-electron chi connectivity index (χ3n) is 4.83. The van der Waals surface area contributed by atoms with Crippen molar-refractivity contribution in [3.05, 3.63) is 87.9 Å². The average molecular weight is 493 g/mol. The molecule has 0 spiro atoms. The maximum absolute atomic E-state index is 13.5. The predicted octanol–water partition coefficient (Wildman–Crippen LogP) is 4.82. The van der Waals surface area contributed by atoms with Crippen molar-refractivity contribution in [1.82, 2.24) is 5.32 Å². The maximum atomic E-state index is 13.5. The number of ether oxygens (including phenoxy) is 1. The number of anilines is 1. The van der Waals surface area contributed by atoms with Crippen LogP contribution in [0.5, 0.6) is 5.75 Å². The SMILES string of the molecule is COc1ccc(CNC(=O)CN(c2cccc(Cl)c2C)S(=O)(=O)c2cccc(Cl)c2)cc1. The first kappa shape index (κ1) is 23.9. The smallest absolute Gasteiger partial charge is 0.264 e. The van der Waals surface area contributed by atoms with Crippen LogP contribution in [0, 0.1) is 6.92 Å². The van der Waals surface area contributed by atoms with Crippen molar-refractivity contribution in [2.75, 3.05) is 18.0 Å². The van der Waals surface area contributed by atoms with Gasteiger partial charge in [0.1, 0.15) is 12.3 Å². The molecule has 0 saturated heterocycles. The Hall–Kier alpha value is -2.74. The Morgan fingerprint density at radius 1 is 1.03 bits per heavy atom. The van der Waals surface area contributed by atoms with Crippen LogP contribution in [0.1, 0.15) is 11.1 Å². The molecule has 0 aromatic heterocycles. The molecule has 0 aliphatic heterocycles. The molecule has 0 bridgehead atoms. The summed E-state index contributed by atoms with van der Waals surface area (Å²) in [4.78, 5) is 12.7. The number of sulfonamides is 1. The van der Waals surface area contributed by atoms with Crippen LogP contribution in [-0.4, -0.2) is 28.0 Å². The highest BCUT2D eigenvalue weighted by atomic mass is 35.5. The number of halogens is 2. The van der Waals surface area contributed by atoms with Gasteiger partial charge in [-0.15, -0.1) is 0 Å². The highest BCUT2D eigenvalue weighted by Crippen LogP contribution is 2.31.